The van der Waals surface area contributed by atoms with E-state index >= 15 is 0 Å². The van der Waals surface area contributed by atoms with Crippen LogP contribution in [0.25, 0.3) is 0 Å². The van der Waals surface area contributed by atoms with Crippen LogP contribution in [0.3, 0.4) is 0 Å². The van der Waals surface area contributed by atoms with Crippen LogP contribution in [0.1, 0.15) is 11.5 Å². The topological polar surface area (TPSA) is 95.5 Å². The Morgan fingerprint density at radius 3 is 2.73 bits per heavy atom. The lowest BCUT2D eigenvalue weighted by Gasteiger charge is -2.23. The molecule has 1 aromatic carbocycles. The highest BCUT2D eigenvalue weighted by Gasteiger charge is 2.39. The highest BCUT2D eigenvalue weighted by molar-refractivity contribution is 5.89. The fourth-order valence-electron chi connectivity index (χ4n) is 2.97. The fourth-order valence-corrected chi connectivity index (χ4v) is 2.97. The number of pyridine rings is 1. The molecule has 0 spiro atoms. The lowest BCUT2D eigenvalue weighted by atomic mass is 9.92. The Morgan fingerprint density at radius 2 is 2.12 bits per heavy atom. The average molecular weight is 364 g/mol. The van der Waals surface area contributed by atoms with Gasteiger partial charge >= 0.3 is 6.03 Å². The van der Waals surface area contributed by atoms with Crippen LogP contribution >= 0.6 is 0 Å². The number of halogens is 2. The van der Waals surface area contributed by atoms with E-state index in [1.807, 2.05) is 0 Å². The van der Waals surface area contributed by atoms with Crippen LogP contribution in [-0.2, 0) is 0 Å². The zero-order valence-corrected chi connectivity index (χ0v) is 13.9. The average Bonchev–Trinajstić information content (AvgIpc) is 2.95. The summed E-state index contributed by atoms with van der Waals surface area (Å²) in [4.78, 5) is 16.0. The molecule has 2 heterocycles. The molecule has 138 valence electrons. The van der Waals surface area contributed by atoms with Crippen molar-refractivity contribution in [1.29, 1.82) is 0 Å². The molecule has 26 heavy (non-hydrogen) atoms. The number of nitrogens with zero attached hydrogens (tertiary/aromatic N) is 1. The maximum atomic E-state index is 14.4. The largest absolute Gasteiger partial charge is 0.497 e. The van der Waals surface area contributed by atoms with E-state index < -0.39 is 35.9 Å². The molecule has 1 fully saturated rings. The Kier molecular flexibility index (Phi) is 5.29. The number of hydrogen-bond acceptors (Lipinski definition) is 5. The van der Waals surface area contributed by atoms with Crippen LogP contribution in [0.2, 0.25) is 0 Å². The summed E-state index contributed by atoms with van der Waals surface area (Å²) in [6.07, 6.45) is 1.85. The molecule has 2 amide bonds. The second-order valence-corrected chi connectivity index (χ2v) is 5.83. The number of carbonyl (C=O) groups excluding carboxylic acids is 1. The van der Waals surface area contributed by atoms with E-state index in [0.717, 1.165) is 12.1 Å². The summed E-state index contributed by atoms with van der Waals surface area (Å²) >= 11 is 0. The third-order valence-electron chi connectivity index (χ3n) is 4.20. The van der Waals surface area contributed by atoms with Gasteiger partial charge in [0.05, 0.1) is 25.0 Å². The van der Waals surface area contributed by atoms with E-state index in [4.69, 9.17) is 4.74 Å². The number of rotatable bonds is 4. The molecular weight excluding hydrogens is 346 g/mol. The van der Waals surface area contributed by atoms with Crippen molar-refractivity contribution in [2.75, 3.05) is 19.0 Å². The number of carbonyl (C=O) groups is 1. The Hall–Kier alpha value is -2.78. The van der Waals surface area contributed by atoms with Gasteiger partial charge in [-0.25, -0.2) is 13.6 Å². The number of methoxy groups -OCH3 is 1. The number of anilines is 1. The van der Waals surface area contributed by atoms with Crippen LogP contribution in [0.15, 0.2) is 36.7 Å². The smallest absolute Gasteiger partial charge is 0.319 e. The Bertz CT molecular complexity index is 768. The highest BCUT2D eigenvalue weighted by atomic mass is 19.1. The molecule has 9 heteroatoms. The number of hydrogen-bond donors (Lipinski definition) is 4. The molecular formula is C17H18F2N4O3. The molecule has 1 aromatic heterocycles. The van der Waals surface area contributed by atoms with E-state index in [0.29, 0.717) is 5.69 Å². The highest BCUT2D eigenvalue weighted by Crippen LogP contribution is 2.32. The fraction of sp³-hybridized carbons (Fsp3) is 0.294. The Morgan fingerprint density at radius 1 is 1.38 bits per heavy atom. The minimum Gasteiger partial charge on any atom is -0.497 e. The Balaban J connectivity index is 1.79. The minimum absolute atomic E-state index is 0.0501. The number of benzene rings is 1. The van der Waals surface area contributed by atoms with E-state index in [9.17, 15) is 18.7 Å². The quantitative estimate of drug-likeness (QED) is 0.661. The van der Waals surface area contributed by atoms with Gasteiger partial charge in [-0.2, -0.15) is 0 Å². The number of amides is 2. The third kappa shape index (κ3) is 3.73. The van der Waals surface area contributed by atoms with Gasteiger partial charge in [-0.05, 0) is 12.1 Å². The molecule has 3 rings (SSSR count). The molecule has 1 saturated heterocycles. The van der Waals surface area contributed by atoms with E-state index in [1.54, 1.807) is 18.3 Å². The maximum Gasteiger partial charge on any atom is 0.319 e. The predicted molar refractivity (Wildman–Crippen MR) is 89.8 cm³/mol. The third-order valence-corrected chi connectivity index (χ3v) is 4.20. The van der Waals surface area contributed by atoms with Crippen molar-refractivity contribution >= 4 is 11.7 Å². The summed E-state index contributed by atoms with van der Waals surface area (Å²) in [5.74, 6) is -2.35. The van der Waals surface area contributed by atoms with Gasteiger partial charge in [0.1, 0.15) is 23.6 Å². The van der Waals surface area contributed by atoms with Crippen molar-refractivity contribution in [3.05, 3.63) is 53.9 Å². The number of nitrogens with one attached hydrogen (secondary N) is 3. The van der Waals surface area contributed by atoms with Crippen LogP contribution < -0.4 is 20.7 Å². The first-order valence-electron chi connectivity index (χ1n) is 7.91. The molecule has 4 N–H and O–H groups in total. The number of aliphatic hydroxyl groups excluding tert-OH is 1. The van der Waals surface area contributed by atoms with Crippen LogP contribution in [-0.4, -0.2) is 42.0 Å². The summed E-state index contributed by atoms with van der Waals surface area (Å²) in [6, 6.07) is 3.86. The lowest BCUT2D eigenvalue weighted by molar-refractivity contribution is 0.128. The number of ether oxygens (including phenoxy) is 1. The monoisotopic (exact) mass is 364 g/mol. The summed E-state index contributed by atoms with van der Waals surface area (Å²) in [6.45, 7) is 0.0964. The minimum atomic E-state index is -1.15. The standard InChI is InChI=1S/C17H18F2N4O3/c1-26-10-5-12(18)14(13(19)6-10)11-8-21-16(24)15(11)23-17(25)22-9-3-2-4-20-7-9/h2-7,11,15-16,21,24H,8H2,1H3,(H2,22,23,25)/t11-,15-,16?/m0/s1. The van der Waals surface area contributed by atoms with Crippen LogP contribution in [0.4, 0.5) is 19.3 Å². The van der Waals surface area contributed by atoms with Crippen molar-refractivity contribution in [1.82, 2.24) is 15.6 Å². The predicted octanol–water partition coefficient (Wildman–Crippen LogP) is 1.56. The first-order valence-corrected chi connectivity index (χ1v) is 7.91. The van der Waals surface area contributed by atoms with E-state index in [1.165, 1.54) is 13.3 Å². The van der Waals surface area contributed by atoms with E-state index in [2.05, 4.69) is 20.9 Å². The summed E-state index contributed by atoms with van der Waals surface area (Å²) in [5, 5.41) is 17.9. The summed E-state index contributed by atoms with van der Waals surface area (Å²) < 4.78 is 33.6. The van der Waals surface area contributed by atoms with Gasteiger partial charge in [-0.1, -0.05) is 0 Å². The van der Waals surface area contributed by atoms with Crippen LogP contribution in [0.5, 0.6) is 5.75 Å². The molecule has 2 aromatic rings. The van der Waals surface area contributed by atoms with Gasteiger partial charge in [0.25, 0.3) is 0 Å². The van der Waals surface area contributed by atoms with Crippen molar-refractivity contribution in [2.45, 2.75) is 18.2 Å². The van der Waals surface area contributed by atoms with Crippen LogP contribution in [0, 0.1) is 11.6 Å². The van der Waals surface area contributed by atoms with E-state index in [-0.39, 0.29) is 17.9 Å². The molecule has 1 unspecified atom stereocenters. The SMILES string of the molecule is COc1cc(F)c([C@@H]2CNC(O)[C@H]2NC(=O)Nc2cccnc2)c(F)c1. The summed E-state index contributed by atoms with van der Waals surface area (Å²) in [7, 11) is 1.31. The van der Waals surface area contributed by atoms with Gasteiger partial charge < -0.3 is 20.5 Å². The molecule has 1 aliphatic heterocycles. The van der Waals surface area contributed by atoms with Crippen molar-refractivity contribution < 1.29 is 23.4 Å². The number of aromatic nitrogens is 1. The van der Waals surface area contributed by atoms with Gasteiger partial charge in [0.15, 0.2) is 0 Å². The first kappa shape index (κ1) is 18.0. The molecule has 0 radical (unpaired) electrons. The molecule has 3 atom stereocenters. The van der Waals surface area contributed by atoms with Crippen molar-refractivity contribution in [2.24, 2.45) is 0 Å². The van der Waals surface area contributed by atoms with Crippen molar-refractivity contribution in [3.63, 3.8) is 0 Å². The molecule has 0 bridgehead atoms. The van der Waals surface area contributed by atoms with Gasteiger partial charge in [0.2, 0.25) is 0 Å². The zero-order valence-electron chi connectivity index (χ0n) is 13.9. The zero-order chi connectivity index (χ0) is 18.7. The molecule has 0 saturated carbocycles. The van der Waals surface area contributed by atoms with Gasteiger partial charge in [0, 0.05) is 36.4 Å². The molecule has 7 nitrogen and oxygen atoms in total. The summed E-state index contributed by atoms with van der Waals surface area (Å²) in [5.41, 5.74) is 0.227. The molecule has 0 aliphatic carbocycles. The van der Waals surface area contributed by atoms with Crippen molar-refractivity contribution in [3.8, 4) is 5.75 Å². The molecule has 1 aliphatic rings. The Labute approximate surface area is 148 Å². The second-order valence-electron chi connectivity index (χ2n) is 5.83. The second kappa shape index (κ2) is 7.63. The van der Waals surface area contributed by atoms with Gasteiger partial charge in [-0.15, -0.1) is 0 Å². The lowest BCUT2D eigenvalue weighted by Crippen LogP contribution is -2.47. The maximum absolute atomic E-state index is 14.4. The number of urea groups is 1. The first-order chi connectivity index (χ1) is 12.5. The van der Waals surface area contributed by atoms with Gasteiger partial charge in [-0.3, -0.25) is 10.3 Å². The number of aliphatic hydroxyl groups is 1. The normalized spacial score (nSPS) is 22.1.